The molecule has 0 aliphatic heterocycles. The molecule has 0 spiro atoms. The highest BCUT2D eigenvalue weighted by Gasteiger charge is 2.28. The molecule has 0 atom stereocenters. The minimum absolute atomic E-state index is 0.483. The van der Waals surface area contributed by atoms with Crippen LogP contribution in [0.15, 0.2) is 72.8 Å². The third-order valence-electron chi connectivity index (χ3n) is 2.82. The quantitative estimate of drug-likeness (QED) is 0.825. The van der Waals surface area contributed by atoms with Crippen LogP contribution in [0.4, 0.5) is 8.78 Å². The summed E-state index contributed by atoms with van der Waals surface area (Å²) in [6.07, 6.45) is -1.41. The fourth-order valence-corrected chi connectivity index (χ4v) is 1.86. The van der Waals surface area contributed by atoms with Crippen LogP contribution in [0.3, 0.4) is 0 Å². The Morgan fingerprint density at radius 2 is 1.35 bits per heavy atom. The molecule has 0 radical (unpaired) electrons. The molecule has 0 heterocycles. The number of hydrogen-bond acceptors (Lipinski definition) is 1. The van der Waals surface area contributed by atoms with Gasteiger partial charge in [-0.05, 0) is 0 Å². The van der Waals surface area contributed by atoms with Gasteiger partial charge in [-0.3, -0.25) is 0 Å². The predicted octanol–water partition coefficient (Wildman–Crippen LogP) is 3.71. The lowest BCUT2D eigenvalue weighted by Gasteiger charge is -2.23. The second-order valence-corrected chi connectivity index (χ2v) is 4.15. The summed E-state index contributed by atoms with van der Waals surface area (Å²) < 4.78 is 24.2. The van der Waals surface area contributed by atoms with Crippen LogP contribution in [0.1, 0.15) is 11.1 Å². The zero-order valence-electron chi connectivity index (χ0n) is 10.6. The largest absolute Gasteiger partial charge is 0.369 e. The summed E-state index contributed by atoms with van der Waals surface area (Å²) in [5, 5.41) is 10.8. The van der Waals surface area contributed by atoms with Crippen molar-refractivity contribution in [3.63, 3.8) is 0 Å². The standard InChI is InChI=1S/C17H12F2O/c18-16(19)12-7-13-17(20,14-8-3-1-4-9-14)15-10-5-2-6-11-15/h1-6,8-12,20H. The van der Waals surface area contributed by atoms with E-state index in [1.54, 1.807) is 48.5 Å². The molecule has 0 unspecified atom stereocenters. The fraction of sp³-hybridized carbons (Fsp3) is 0.0588. The van der Waals surface area contributed by atoms with Gasteiger partial charge in [0.15, 0.2) is 5.60 Å². The summed E-state index contributed by atoms with van der Waals surface area (Å²) in [7, 11) is 0. The van der Waals surface area contributed by atoms with E-state index in [4.69, 9.17) is 0 Å². The van der Waals surface area contributed by atoms with Crippen LogP contribution in [0.5, 0.6) is 0 Å². The minimum Gasteiger partial charge on any atom is -0.369 e. The van der Waals surface area contributed by atoms with Crippen molar-refractivity contribution >= 4 is 0 Å². The van der Waals surface area contributed by atoms with Gasteiger partial charge >= 0.3 is 0 Å². The van der Waals surface area contributed by atoms with E-state index in [0.29, 0.717) is 17.2 Å². The molecule has 0 saturated carbocycles. The topological polar surface area (TPSA) is 20.2 Å². The summed E-state index contributed by atoms with van der Waals surface area (Å²) in [6.45, 7) is 0. The number of benzene rings is 2. The maximum absolute atomic E-state index is 12.1. The molecule has 0 aliphatic carbocycles. The van der Waals surface area contributed by atoms with Crippen molar-refractivity contribution in [3.05, 3.63) is 83.9 Å². The van der Waals surface area contributed by atoms with Crippen molar-refractivity contribution in [2.75, 3.05) is 0 Å². The molecular weight excluding hydrogens is 258 g/mol. The first-order valence-electron chi connectivity index (χ1n) is 6.00. The maximum Gasteiger partial charge on any atom is 0.278 e. The van der Waals surface area contributed by atoms with Gasteiger partial charge in [0, 0.05) is 11.1 Å². The lowest BCUT2D eigenvalue weighted by Crippen LogP contribution is -2.25. The molecule has 0 aromatic heterocycles. The molecule has 1 nitrogen and oxygen atoms in total. The SMILES string of the molecule is OC(C#CC=C(F)F)(c1ccccc1)c1ccccc1. The first-order valence-corrected chi connectivity index (χ1v) is 6.00. The molecule has 0 amide bonds. The fourth-order valence-electron chi connectivity index (χ4n) is 1.86. The molecule has 1 N–H and O–H groups in total. The van der Waals surface area contributed by atoms with Gasteiger partial charge in [0.05, 0.1) is 6.08 Å². The molecular formula is C17H12F2O. The van der Waals surface area contributed by atoms with E-state index in [9.17, 15) is 13.9 Å². The van der Waals surface area contributed by atoms with Crippen molar-refractivity contribution in [1.82, 2.24) is 0 Å². The summed E-state index contributed by atoms with van der Waals surface area (Å²) in [6, 6.07) is 17.5. The molecule has 20 heavy (non-hydrogen) atoms. The lowest BCUT2D eigenvalue weighted by atomic mass is 9.87. The molecule has 2 aromatic rings. The number of rotatable bonds is 2. The van der Waals surface area contributed by atoms with Gasteiger partial charge in [-0.25, -0.2) is 0 Å². The van der Waals surface area contributed by atoms with Crippen LogP contribution in [0.25, 0.3) is 0 Å². The predicted molar refractivity (Wildman–Crippen MR) is 74.0 cm³/mol. The first kappa shape index (κ1) is 14.0. The van der Waals surface area contributed by atoms with Gasteiger partial charge in [0.1, 0.15) is 0 Å². The molecule has 0 bridgehead atoms. The smallest absolute Gasteiger partial charge is 0.278 e. The van der Waals surface area contributed by atoms with Gasteiger partial charge in [0.25, 0.3) is 6.08 Å². The number of halogens is 2. The average Bonchev–Trinajstić information content (AvgIpc) is 2.48. The van der Waals surface area contributed by atoms with E-state index in [2.05, 4.69) is 11.8 Å². The van der Waals surface area contributed by atoms with E-state index in [-0.39, 0.29) is 0 Å². The Bertz CT molecular complexity index is 608. The summed E-state index contributed by atoms with van der Waals surface area (Å²) in [5.41, 5.74) is -0.549. The molecule has 2 rings (SSSR count). The molecule has 0 saturated heterocycles. The Morgan fingerprint density at radius 1 is 0.900 bits per heavy atom. The highest BCUT2D eigenvalue weighted by atomic mass is 19.3. The minimum atomic E-state index is -1.89. The van der Waals surface area contributed by atoms with Gasteiger partial charge in [-0.1, -0.05) is 72.5 Å². The second-order valence-electron chi connectivity index (χ2n) is 4.15. The van der Waals surface area contributed by atoms with E-state index in [0.717, 1.165) is 0 Å². The zero-order valence-corrected chi connectivity index (χ0v) is 10.6. The van der Waals surface area contributed by atoms with Crippen molar-refractivity contribution in [1.29, 1.82) is 0 Å². The highest BCUT2D eigenvalue weighted by molar-refractivity contribution is 5.45. The normalized spacial score (nSPS) is 10.3. The number of aliphatic hydroxyl groups is 1. The Balaban J connectivity index is 2.54. The number of allylic oxidation sites excluding steroid dienone is 1. The first-order chi connectivity index (χ1) is 9.63. The third-order valence-corrected chi connectivity index (χ3v) is 2.82. The lowest BCUT2D eigenvalue weighted by molar-refractivity contribution is 0.145. The van der Waals surface area contributed by atoms with Gasteiger partial charge in [-0.15, -0.1) is 0 Å². The van der Waals surface area contributed by atoms with Crippen LogP contribution in [-0.4, -0.2) is 5.11 Å². The van der Waals surface area contributed by atoms with E-state index in [1.807, 2.05) is 12.1 Å². The van der Waals surface area contributed by atoms with Gasteiger partial charge < -0.3 is 5.11 Å². The second kappa shape index (κ2) is 6.14. The van der Waals surface area contributed by atoms with Crippen LogP contribution >= 0.6 is 0 Å². The third kappa shape index (κ3) is 3.11. The maximum atomic E-state index is 12.1. The molecule has 3 heteroatoms. The van der Waals surface area contributed by atoms with E-state index >= 15 is 0 Å². The highest BCUT2D eigenvalue weighted by Crippen LogP contribution is 2.28. The summed E-state index contributed by atoms with van der Waals surface area (Å²) in [4.78, 5) is 0. The molecule has 2 aromatic carbocycles. The van der Waals surface area contributed by atoms with Crippen molar-refractivity contribution < 1.29 is 13.9 Å². The summed E-state index contributed by atoms with van der Waals surface area (Å²) in [5.74, 6) is 4.72. The van der Waals surface area contributed by atoms with Crippen LogP contribution in [0.2, 0.25) is 0 Å². The number of hydrogen-bond donors (Lipinski definition) is 1. The van der Waals surface area contributed by atoms with Gasteiger partial charge in [0.2, 0.25) is 0 Å². The monoisotopic (exact) mass is 270 g/mol. The van der Waals surface area contributed by atoms with Crippen molar-refractivity contribution in [2.24, 2.45) is 0 Å². The Kier molecular flexibility index (Phi) is 4.29. The van der Waals surface area contributed by atoms with Gasteiger partial charge in [-0.2, -0.15) is 8.78 Å². The average molecular weight is 270 g/mol. The Morgan fingerprint density at radius 3 is 1.75 bits per heavy atom. The molecule has 0 fully saturated rings. The van der Waals surface area contributed by atoms with Crippen molar-refractivity contribution in [3.8, 4) is 11.8 Å². The van der Waals surface area contributed by atoms with Crippen LogP contribution in [0, 0.1) is 11.8 Å². The summed E-state index contributed by atoms with van der Waals surface area (Å²) >= 11 is 0. The molecule has 100 valence electrons. The van der Waals surface area contributed by atoms with Crippen LogP contribution < -0.4 is 0 Å². The molecule has 0 aliphatic rings. The van der Waals surface area contributed by atoms with Crippen LogP contribution in [-0.2, 0) is 5.60 Å². The Hall–Kier alpha value is -2.44. The zero-order chi connectivity index (χ0) is 14.4. The van der Waals surface area contributed by atoms with E-state index < -0.39 is 11.7 Å². The van der Waals surface area contributed by atoms with Crippen molar-refractivity contribution in [2.45, 2.75) is 5.60 Å². The van der Waals surface area contributed by atoms with E-state index in [1.165, 1.54) is 0 Å². The Labute approximate surface area is 116 Å².